The molecule has 0 bridgehead atoms. The molecule has 10 heavy (non-hydrogen) atoms. The molecule has 0 fully saturated rings. The molecule has 0 aromatic rings. The van der Waals surface area contributed by atoms with Crippen LogP contribution in [-0.4, -0.2) is 11.6 Å². The Bertz CT molecular complexity index is 204. The Hall–Kier alpha value is -0.557. The number of allylic oxidation sites excluding steroid dienone is 4. The molecule has 1 aliphatic rings. The Morgan fingerprint density at radius 3 is 2.60 bits per heavy atom. The number of hydrogen-bond donors (Lipinski definition) is 0. The molecule has 2 nitrogen and oxygen atoms in total. The predicted molar refractivity (Wildman–Crippen MR) is 32.9 cm³/mol. The maximum absolute atomic E-state index is 10.6. The van der Waals surface area contributed by atoms with Crippen molar-refractivity contribution in [2.45, 2.75) is 6.42 Å². The normalized spacial score (nSPS) is 16.4. The van der Waals surface area contributed by atoms with Gasteiger partial charge in [0.25, 0.3) is 0 Å². The summed E-state index contributed by atoms with van der Waals surface area (Å²) in [5.74, 6) is -0.736. The van der Waals surface area contributed by atoms with Gasteiger partial charge in [0.1, 0.15) is 0 Å². The molecule has 0 aromatic heterocycles. The van der Waals surface area contributed by atoms with E-state index in [-0.39, 0.29) is 31.7 Å². The van der Waals surface area contributed by atoms with Crippen molar-refractivity contribution in [2.75, 3.05) is 0 Å². The van der Waals surface area contributed by atoms with E-state index in [0.29, 0.717) is 0 Å². The van der Waals surface area contributed by atoms with Gasteiger partial charge in [-0.25, -0.2) is 0 Å². The first kappa shape index (κ1) is 9.44. The van der Waals surface area contributed by atoms with Crippen molar-refractivity contribution >= 4 is 11.6 Å². The Labute approximate surface area is 71.8 Å². The van der Waals surface area contributed by atoms with Crippen LogP contribution in [0.25, 0.3) is 0 Å². The van der Waals surface area contributed by atoms with Gasteiger partial charge in [-0.15, -0.1) is 0 Å². The Balaban J connectivity index is 0.000000810. The molecule has 46 valence electrons. The average Bonchev–Trinajstić information content (AvgIpc) is 1.99. The zero-order chi connectivity index (χ0) is 6.69. The zero-order valence-electron chi connectivity index (χ0n) is 5.54. The summed E-state index contributed by atoms with van der Waals surface area (Å²) in [5, 5.41) is 0. The third-order valence-electron chi connectivity index (χ3n) is 1.07. The van der Waals surface area contributed by atoms with Crippen molar-refractivity contribution in [2.24, 2.45) is 0 Å². The number of hydrogen-bond acceptors (Lipinski definition) is 2. The van der Waals surface area contributed by atoms with Gasteiger partial charge in [-0.05, 0) is 6.08 Å². The number of carbonyl (C=O) groups excluding carboxylic acids is 2. The second-order valence-corrected chi connectivity index (χ2v) is 1.78. The second-order valence-electron chi connectivity index (χ2n) is 1.78. The first-order valence-electron chi connectivity index (χ1n) is 2.71. The average molecular weight is 188 g/mol. The van der Waals surface area contributed by atoms with Crippen LogP contribution >= 0.6 is 0 Å². The van der Waals surface area contributed by atoms with E-state index >= 15 is 0 Å². The van der Waals surface area contributed by atoms with Crippen LogP contribution in [0.4, 0.5) is 0 Å². The smallest absolute Gasteiger partial charge is 0.290 e. The molecule has 1 aliphatic carbocycles. The summed E-state index contributed by atoms with van der Waals surface area (Å²) >= 11 is 0. The van der Waals surface area contributed by atoms with Crippen molar-refractivity contribution in [1.82, 2.24) is 0 Å². The van der Waals surface area contributed by atoms with E-state index in [2.05, 4.69) is 0 Å². The molecule has 0 saturated carbocycles. The second kappa shape index (κ2) is 4.29. The maximum Gasteiger partial charge on any atom is 2.00 e. The molecule has 0 aliphatic heterocycles. The fourth-order valence-electron chi connectivity index (χ4n) is 0.590. The van der Waals surface area contributed by atoms with E-state index in [4.69, 9.17) is 0 Å². The molecule has 0 heterocycles. The largest absolute Gasteiger partial charge is 2.00 e. The van der Waals surface area contributed by atoms with E-state index in [9.17, 15) is 9.59 Å². The minimum absolute atomic E-state index is 0. The van der Waals surface area contributed by atoms with Crippen LogP contribution in [0.1, 0.15) is 6.42 Å². The van der Waals surface area contributed by atoms with Crippen LogP contribution < -0.4 is 0 Å². The minimum atomic E-state index is -0.403. The Morgan fingerprint density at radius 1 is 1.20 bits per heavy atom. The summed E-state index contributed by atoms with van der Waals surface area (Å²) < 4.78 is 0. The van der Waals surface area contributed by atoms with Crippen molar-refractivity contribution in [3.8, 4) is 0 Å². The summed E-state index contributed by atoms with van der Waals surface area (Å²) in [7, 11) is 0. The molecular weight excluding hydrogens is 181 g/mol. The number of ketones is 2. The van der Waals surface area contributed by atoms with Crippen molar-refractivity contribution in [1.29, 1.82) is 0 Å². The van der Waals surface area contributed by atoms with E-state index in [1.54, 1.807) is 18.2 Å². The molecular formula is C7H6O2Zn+2. The van der Waals surface area contributed by atoms with E-state index in [1.165, 1.54) is 6.08 Å². The van der Waals surface area contributed by atoms with Crippen molar-refractivity contribution in [3.05, 3.63) is 24.3 Å². The summed E-state index contributed by atoms with van der Waals surface area (Å²) in [5.41, 5.74) is 0. The van der Waals surface area contributed by atoms with Gasteiger partial charge in [0.15, 0.2) is 0 Å². The van der Waals surface area contributed by atoms with Gasteiger partial charge in [0, 0.05) is 6.42 Å². The third kappa shape index (κ3) is 2.36. The molecule has 0 saturated heterocycles. The van der Waals surface area contributed by atoms with E-state index < -0.39 is 5.78 Å². The molecule has 0 aromatic carbocycles. The molecule has 0 unspecified atom stereocenters. The van der Waals surface area contributed by atoms with Crippen molar-refractivity contribution < 1.29 is 29.1 Å². The van der Waals surface area contributed by atoms with Crippen LogP contribution in [0.2, 0.25) is 0 Å². The van der Waals surface area contributed by atoms with E-state index in [1.807, 2.05) is 0 Å². The molecule has 0 atom stereocenters. The molecule has 0 radical (unpaired) electrons. The van der Waals surface area contributed by atoms with Crippen LogP contribution in [0.3, 0.4) is 0 Å². The number of rotatable bonds is 0. The topological polar surface area (TPSA) is 34.1 Å². The quantitative estimate of drug-likeness (QED) is 0.412. The third-order valence-corrected chi connectivity index (χ3v) is 1.07. The van der Waals surface area contributed by atoms with Crippen LogP contribution in [0.15, 0.2) is 24.3 Å². The number of Topliss-reactive ketones (excluding diaryl/α,β-unsaturated/α-hetero) is 1. The SMILES string of the molecule is O=C1C=CC=CCC1=O.[Zn+2]. The monoisotopic (exact) mass is 186 g/mol. The Morgan fingerprint density at radius 2 is 1.90 bits per heavy atom. The summed E-state index contributed by atoms with van der Waals surface area (Å²) in [4.78, 5) is 21.1. The first-order valence-corrected chi connectivity index (χ1v) is 2.71. The van der Waals surface area contributed by atoms with Gasteiger partial charge in [0.05, 0.1) is 0 Å². The van der Waals surface area contributed by atoms with E-state index in [0.717, 1.165) is 0 Å². The van der Waals surface area contributed by atoms with Gasteiger partial charge in [-0.2, -0.15) is 0 Å². The van der Waals surface area contributed by atoms with Crippen LogP contribution in [0.5, 0.6) is 0 Å². The zero-order valence-corrected chi connectivity index (χ0v) is 8.51. The summed E-state index contributed by atoms with van der Waals surface area (Å²) in [6, 6.07) is 0. The van der Waals surface area contributed by atoms with Crippen molar-refractivity contribution in [3.63, 3.8) is 0 Å². The van der Waals surface area contributed by atoms with Gasteiger partial charge >= 0.3 is 19.5 Å². The Kier molecular flexibility index (Phi) is 4.05. The number of carbonyl (C=O) groups is 2. The molecule has 0 amide bonds. The van der Waals surface area contributed by atoms with Gasteiger partial charge in [-0.1, -0.05) is 18.2 Å². The molecule has 1 rings (SSSR count). The fourth-order valence-corrected chi connectivity index (χ4v) is 0.590. The standard InChI is InChI=1S/C7H6O2.Zn/c8-6-4-2-1-3-5-7(6)9;/h1-4H,5H2;/q;+2. The van der Waals surface area contributed by atoms with Crippen LogP contribution in [-0.2, 0) is 29.1 Å². The van der Waals surface area contributed by atoms with Gasteiger partial charge in [0.2, 0.25) is 11.6 Å². The molecule has 3 heteroatoms. The maximum atomic E-state index is 10.6. The summed E-state index contributed by atoms with van der Waals surface area (Å²) in [6.07, 6.45) is 6.47. The summed E-state index contributed by atoms with van der Waals surface area (Å²) in [6.45, 7) is 0. The molecule has 0 N–H and O–H groups in total. The van der Waals surface area contributed by atoms with Crippen LogP contribution in [0, 0.1) is 0 Å². The minimum Gasteiger partial charge on any atom is -0.290 e. The van der Waals surface area contributed by atoms with Gasteiger partial charge < -0.3 is 0 Å². The predicted octanol–water partition coefficient (Wildman–Crippen LogP) is 0.638. The van der Waals surface area contributed by atoms with Gasteiger partial charge in [-0.3, -0.25) is 9.59 Å². The first-order chi connectivity index (χ1) is 4.30. The fraction of sp³-hybridized carbons (Fsp3) is 0.143. The molecule has 0 spiro atoms.